The monoisotopic (exact) mass is 242 g/mol. The summed E-state index contributed by atoms with van der Waals surface area (Å²) in [5.74, 6) is 0.0740. The lowest BCUT2D eigenvalue weighted by atomic mass is 9.91. The molecule has 0 spiro atoms. The van der Waals surface area contributed by atoms with E-state index in [2.05, 4.69) is 0 Å². The lowest BCUT2D eigenvalue weighted by Crippen LogP contribution is -2.34. The first-order valence-corrected chi connectivity index (χ1v) is 7.03. The third-order valence-electron chi connectivity index (χ3n) is 3.02. The molecule has 1 aromatic carbocycles. The van der Waals surface area contributed by atoms with Gasteiger partial charge in [0.25, 0.3) is 0 Å². The van der Waals surface area contributed by atoms with Crippen LogP contribution in [-0.4, -0.2) is 21.3 Å². The van der Waals surface area contributed by atoms with Crippen LogP contribution in [0.15, 0.2) is 24.3 Å². The van der Waals surface area contributed by atoms with Crippen molar-refractivity contribution >= 4 is 10.8 Å². The molecule has 2 rings (SSSR count). The largest absolute Gasteiger partial charge is 0.384 e. The molecular formula is C12H15FO2S. The van der Waals surface area contributed by atoms with Crippen molar-refractivity contribution in [2.24, 2.45) is 5.92 Å². The van der Waals surface area contributed by atoms with Gasteiger partial charge in [0.15, 0.2) is 0 Å². The number of rotatable bonds is 4. The molecule has 1 aliphatic carbocycles. The number of halogens is 1. The van der Waals surface area contributed by atoms with E-state index >= 15 is 0 Å². The molecule has 0 saturated heterocycles. The second kappa shape index (κ2) is 4.26. The summed E-state index contributed by atoms with van der Waals surface area (Å²) in [6.07, 6.45) is 3.48. The quantitative estimate of drug-likeness (QED) is 0.874. The summed E-state index contributed by atoms with van der Waals surface area (Å²) in [5, 5.41) is 10.6. The van der Waals surface area contributed by atoms with Crippen molar-refractivity contribution in [1.29, 1.82) is 0 Å². The van der Waals surface area contributed by atoms with E-state index in [0.717, 1.165) is 12.8 Å². The minimum atomic E-state index is -1.07. The van der Waals surface area contributed by atoms with Crippen LogP contribution in [0.3, 0.4) is 0 Å². The van der Waals surface area contributed by atoms with E-state index in [4.69, 9.17) is 0 Å². The van der Waals surface area contributed by atoms with Crippen molar-refractivity contribution in [2.75, 3.05) is 12.0 Å². The molecule has 1 saturated carbocycles. The fraction of sp³-hybridized carbons (Fsp3) is 0.500. The van der Waals surface area contributed by atoms with Crippen molar-refractivity contribution in [2.45, 2.75) is 18.4 Å². The first-order valence-electron chi connectivity index (χ1n) is 5.31. The molecule has 0 aliphatic heterocycles. The summed E-state index contributed by atoms with van der Waals surface area (Å²) in [7, 11) is -1.07. The first kappa shape index (κ1) is 11.7. The number of hydrogen-bond donors (Lipinski definition) is 1. The number of aliphatic hydroxyl groups is 1. The molecule has 1 aliphatic rings. The zero-order valence-electron chi connectivity index (χ0n) is 9.15. The van der Waals surface area contributed by atoms with Crippen LogP contribution in [0.1, 0.15) is 18.4 Å². The molecule has 2 nitrogen and oxygen atoms in total. The molecule has 2 atom stereocenters. The van der Waals surface area contributed by atoms with Crippen LogP contribution >= 0.6 is 0 Å². The van der Waals surface area contributed by atoms with Gasteiger partial charge in [0, 0.05) is 17.1 Å². The van der Waals surface area contributed by atoms with Crippen molar-refractivity contribution in [3.8, 4) is 0 Å². The molecule has 16 heavy (non-hydrogen) atoms. The van der Waals surface area contributed by atoms with E-state index in [0.29, 0.717) is 5.56 Å². The fourth-order valence-corrected chi connectivity index (χ4v) is 3.07. The Morgan fingerprint density at radius 2 is 2.00 bits per heavy atom. The van der Waals surface area contributed by atoms with Gasteiger partial charge < -0.3 is 5.11 Å². The Hall–Kier alpha value is -0.740. The fourth-order valence-electron chi connectivity index (χ4n) is 2.05. The lowest BCUT2D eigenvalue weighted by Gasteiger charge is -2.27. The Bertz CT molecular complexity index is 400. The van der Waals surface area contributed by atoms with Gasteiger partial charge in [-0.05, 0) is 36.5 Å². The predicted molar refractivity (Wildman–Crippen MR) is 62.0 cm³/mol. The van der Waals surface area contributed by atoms with Crippen LogP contribution in [0.4, 0.5) is 4.39 Å². The van der Waals surface area contributed by atoms with E-state index in [9.17, 15) is 13.7 Å². The summed E-state index contributed by atoms with van der Waals surface area (Å²) in [6, 6.07) is 5.84. The maximum atomic E-state index is 12.8. The van der Waals surface area contributed by atoms with Gasteiger partial charge >= 0.3 is 0 Å². The average molecular weight is 242 g/mol. The summed E-state index contributed by atoms with van der Waals surface area (Å²) in [5.41, 5.74) is -0.376. The molecule has 0 unspecified atom stereocenters. The van der Waals surface area contributed by atoms with Gasteiger partial charge in [-0.1, -0.05) is 12.1 Å². The van der Waals surface area contributed by atoms with Crippen molar-refractivity contribution in [1.82, 2.24) is 0 Å². The second-order valence-corrected chi connectivity index (χ2v) is 5.86. The molecule has 4 heteroatoms. The third kappa shape index (κ3) is 2.33. The van der Waals surface area contributed by atoms with Crippen LogP contribution in [0.25, 0.3) is 0 Å². The molecule has 0 radical (unpaired) electrons. The molecule has 1 N–H and O–H groups in total. The maximum Gasteiger partial charge on any atom is 0.123 e. The molecule has 88 valence electrons. The average Bonchev–Trinajstić information content (AvgIpc) is 3.00. The van der Waals surface area contributed by atoms with Crippen LogP contribution in [0.2, 0.25) is 0 Å². The normalized spacial score (nSPS) is 21.4. The standard InChI is InChI=1S/C12H15FO2S/c1-16(15)8-12(14,9-2-3-9)10-4-6-11(13)7-5-10/h4-7,9,14H,2-3,8H2,1H3/t12-,16-/m0/s1. The van der Waals surface area contributed by atoms with E-state index in [1.54, 1.807) is 18.4 Å². The summed E-state index contributed by atoms with van der Waals surface area (Å²) in [6.45, 7) is 0. The lowest BCUT2D eigenvalue weighted by molar-refractivity contribution is 0.0375. The van der Waals surface area contributed by atoms with Gasteiger partial charge in [-0.25, -0.2) is 4.39 Å². The highest BCUT2D eigenvalue weighted by atomic mass is 32.2. The maximum absolute atomic E-state index is 12.8. The zero-order chi connectivity index (χ0) is 11.8. The van der Waals surface area contributed by atoms with Gasteiger partial charge in [-0.3, -0.25) is 4.21 Å². The molecule has 1 aromatic rings. The molecule has 0 bridgehead atoms. The van der Waals surface area contributed by atoms with Crippen LogP contribution in [0.5, 0.6) is 0 Å². The number of benzene rings is 1. The Labute approximate surface area is 96.9 Å². The smallest absolute Gasteiger partial charge is 0.123 e. The van der Waals surface area contributed by atoms with Gasteiger partial charge in [-0.15, -0.1) is 0 Å². The Balaban J connectivity index is 2.31. The van der Waals surface area contributed by atoms with Crippen LogP contribution in [0, 0.1) is 11.7 Å². The SMILES string of the molecule is C[S@](=O)C[C@@](O)(c1ccc(F)cc1)C1CC1. The van der Waals surface area contributed by atoms with Crippen LogP contribution < -0.4 is 0 Å². The predicted octanol–water partition coefficient (Wildman–Crippen LogP) is 1.80. The summed E-state index contributed by atoms with van der Waals surface area (Å²) < 4.78 is 24.1. The highest BCUT2D eigenvalue weighted by Crippen LogP contribution is 2.46. The van der Waals surface area contributed by atoms with E-state index < -0.39 is 16.4 Å². The number of hydrogen-bond acceptors (Lipinski definition) is 2. The summed E-state index contributed by atoms with van der Waals surface area (Å²) in [4.78, 5) is 0. The van der Waals surface area contributed by atoms with E-state index in [-0.39, 0.29) is 17.5 Å². The highest BCUT2D eigenvalue weighted by Gasteiger charge is 2.45. The Kier molecular flexibility index (Phi) is 3.13. The third-order valence-corrected chi connectivity index (χ3v) is 3.87. The molecule has 0 amide bonds. The van der Waals surface area contributed by atoms with Gasteiger partial charge in [0.2, 0.25) is 0 Å². The first-order chi connectivity index (χ1) is 7.52. The van der Waals surface area contributed by atoms with Crippen molar-refractivity contribution < 1.29 is 13.7 Å². The van der Waals surface area contributed by atoms with E-state index in [1.165, 1.54) is 12.1 Å². The molecule has 0 aromatic heterocycles. The highest BCUT2D eigenvalue weighted by molar-refractivity contribution is 7.84. The Morgan fingerprint density at radius 1 is 1.44 bits per heavy atom. The zero-order valence-corrected chi connectivity index (χ0v) is 9.97. The van der Waals surface area contributed by atoms with Crippen LogP contribution in [-0.2, 0) is 16.4 Å². The molecule has 0 heterocycles. The minimum Gasteiger partial charge on any atom is -0.384 e. The molecular weight excluding hydrogens is 227 g/mol. The Morgan fingerprint density at radius 3 is 2.44 bits per heavy atom. The summed E-state index contributed by atoms with van der Waals surface area (Å²) >= 11 is 0. The molecule has 1 fully saturated rings. The van der Waals surface area contributed by atoms with Crippen molar-refractivity contribution in [3.63, 3.8) is 0 Å². The minimum absolute atomic E-state index is 0.168. The van der Waals surface area contributed by atoms with Gasteiger partial charge in [0.05, 0.1) is 5.75 Å². The van der Waals surface area contributed by atoms with Gasteiger partial charge in [-0.2, -0.15) is 0 Å². The van der Waals surface area contributed by atoms with Crippen molar-refractivity contribution in [3.05, 3.63) is 35.6 Å². The topological polar surface area (TPSA) is 37.3 Å². The van der Waals surface area contributed by atoms with Gasteiger partial charge in [0.1, 0.15) is 11.4 Å². The van der Waals surface area contributed by atoms with E-state index in [1.807, 2.05) is 0 Å². The second-order valence-electron chi connectivity index (χ2n) is 4.42.